The number of carbonyl (C=O) groups excluding carboxylic acids is 1. The van der Waals surface area contributed by atoms with Crippen molar-refractivity contribution in [3.63, 3.8) is 0 Å². The lowest BCUT2D eigenvalue weighted by Crippen LogP contribution is -2.42. The number of aryl methyl sites for hydroxylation is 1. The molecule has 0 spiro atoms. The fraction of sp³-hybridized carbons (Fsp3) is 0.611. The van der Waals surface area contributed by atoms with E-state index >= 15 is 0 Å². The Hall–Kier alpha value is -1.55. The molecular weight excluding hydrogens is 276 g/mol. The van der Waals surface area contributed by atoms with Gasteiger partial charge in [0.05, 0.1) is 6.61 Å². The molecule has 4 heteroatoms. The minimum absolute atomic E-state index is 0.133. The van der Waals surface area contributed by atoms with Crippen LogP contribution in [0.15, 0.2) is 24.3 Å². The molecule has 1 aromatic rings. The standard InChI is InChI=1S/C18H28N2O2/c1-15-6-3-4-7-16(15)22-13-5-8-17(21)20-14-18(2)9-11-19-12-10-18/h3-4,6-7,19H,5,8-14H2,1-2H3,(H,20,21). The second-order valence-electron chi connectivity index (χ2n) is 6.55. The quantitative estimate of drug-likeness (QED) is 0.762. The highest BCUT2D eigenvalue weighted by Crippen LogP contribution is 2.26. The molecule has 0 bridgehead atoms. The highest BCUT2D eigenvalue weighted by atomic mass is 16.5. The molecular formula is C18H28N2O2. The number of ether oxygens (including phenoxy) is 1. The minimum atomic E-state index is 0.133. The number of carbonyl (C=O) groups is 1. The third kappa shape index (κ3) is 5.34. The van der Waals surface area contributed by atoms with Gasteiger partial charge in [-0.3, -0.25) is 4.79 Å². The SMILES string of the molecule is Cc1ccccc1OCCCC(=O)NCC1(C)CCNCC1. The third-order valence-electron chi connectivity index (χ3n) is 4.42. The summed E-state index contributed by atoms with van der Waals surface area (Å²) in [5.41, 5.74) is 1.38. The minimum Gasteiger partial charge on any atom is -0.493 e. The maximum Gasteiger partial charge on any atom is 0.220 e. The first-order valence-corrected chi connectivity index (χ1v) is 8.25. The third-order valence-corrected chi connectivity index (χ3v) is 4.42. The molecule has 1 amide bonds. The van der Waals surface area contributed by atoms with Crippen LogP contribution in [0, 0.1) is 12.3 Å². The van der Waals surface area contributed by atoms with E-state index in [0.29, 0.717) is 13.0 Å². The summed E-state index contributed by atoms with van der Waals surface area (Å²) in [4.78, 5) is 11.9. The Kier molecular flexibility index (Phi) is 6.25. The van der Waals surface area contributed by atoms with Crippen molar-refractivity contribution in [2.45, 2.75) is 39.5 Å². The zero-order chi connectivity index (χ0) is 15.8. The molecule has 4 nitrogen and oxygen atoms in total. The van der Waals surface area contributed by atoms with Crippen LogP contribution < -0.4 is 15.4 Å². The van der Waals surface area contributed by atoms with E-state index in [-0.39, 0.29) is 11.3 Å². The van der Waals surface area contributed by atoms with Crippen molar-refractivity contribution in [3.8, 4) is 5.75 Å². The van der Waals surface area contributed by atoms with Crippen LogP contribution in [-0.2, 0) is 4.79 Å². The normalized spacial score (nSPS) is 17.0. The van der Waals surface area contributed by atoms with Crippen LogP contribution >= 0.6 is 0 Å². The Balaban J connectivity index is 1.61. The maximum absolute atomic E-state index is 11.9. The number of nitrogens with one attached hydrogen (secondary N) is 2. The van der Waals surface area contributed by atoms with Crippen LogP contribution in [0.1, 0.15) is 38.2 Å². The summed E-state index contributed by atoms with van der Waals surface area (Å²) in [6.07, 6.45) is 3.53. The van der Waals surface area contributed by atoms with Gasteiger partial charge in [-0.25, -0.2) is 0 Å². The number of benzene rings is 1. The van der Waals surface area contributed by atoms with E-state index in [9.17, 15) is 4.79 Å². The second-order valence-corrected chi connectivity index (χ2v) is 6.55. The van der Waals surface area contributed by atoms with E-state index in [4.69, 9.17) is 4.74 Å². The predicted molar refractivity (Wildman–Crippen MR) is 89.1 cm³/mol. The first-order valence-electron chi connectivity index (χ1n) is 8.25. The van der Waals surface area contributed by atoms with Crippen molar-refractivity contribution in [2.75, 3.05) is 26.2 Å². The van der Waals surface area contributed by atoms with Crippen LogP contribution in [0.4, 0.5) is 0 Å². The molecule has 2 rings (SSSR count). The lowest BCUT2D eigenvalue weighted by molar-refractivity contribution is -0.121. The van der Waals surface area contributed by atoms with E-state index in [1.54, 1.807) is 0 Å². The molecule has 0 saturated carbocycles. The molecule has 1 fully saturated rings. The summed E-state index contributed by atoms with van der Waals surface area (Å²) in [6.45, 7) is 7.76. The molecule has 0 radical (unpaired) electrons. The van der Waals surface area contributed by atoms with E-state index in [2.05, 4.69) is 17.6 Å². The Morgan fingerprint density at radius 1 is 1.32 bits per heavy atom. The fourth-order valence-corrected chi connectivity index (χ4v) is 2.74. The van der Waals surface area contributed by atoms with Crippen molar-refractivity contribution < 1.29 is 9.53 Å². The molecule has 122 valence electrons. The van der Waals surface area contributed by atoms with Gasteiger partial charge in [0.15, 0.2) is 0 Å². The van der Waals surface area contributed by atoms with Gasteiger partial charge in [0.2, 0.25) is 5.91 Å². The monoisotopic (exact) mass is 304 g/mol. The van der Waals surface area contributed by atoms with E-state index in [0.717, 1.165) is 50.2 Å². The molecule has 1 aliphatic heterocycles. The van der Waals surface area contributed by atoms with Crippen molar-refractivity contribution in [1.29, 1.82) is 0 Å². The molecule has 1 aliphatic rings. The Labute approximate surface area is 133 Å². The van der Waals surface area contributed by atoms with Crippen LogP contribution in [0.25, 0.3) is 0 Å². The largest absolute Gasteiger partial charge is 0.493 e. The maximum atomic E-state index is 11.9. The van der Waals surface area contributed by atoms with Crippen molar-refractivity contribution in [2.24, 2.45) is 5.41 Å². The molecule has 0 aliphatic carbocycles. The summed E-state index contributed by atoms with van der Waals surface area (Å²) >= 11 is 0. The van der Waals surface area contributed by atoms with Gasteiger partial charge in [0.25, 0.3) is 0 Å². The van der Waals surface area contributed by atoms with Gasteiger partial charge < -0.3 is 15.4 Å². The Bertz CT molecular complexity index is 482. The number of hydrogen-bond acceptors (Lipinski definition) is 3. The van der Waals surface area contributed by atoms with Crippen LogP contribution in [-0.4, -0.2) is 32.1 Å². The van der Waals surface area contributed by atoms with Crippen LogP contribution in [0.3, 0.4) is 0 Å². The van der Waals surface area contributed by atoms with E-state index in [1.165, 1.54) is 0 Å². The molecule has 1 heterocycles. The summed E-state index contributed by atoms with van der Waals surface area (Å²) in [6, 6.07) is 7.96. The van der Waals surface area contributed by atoms with Gasteiger partial charge in [-0.05, 0) is 56.3 Å². The average Bonchev–Trinajstić information content (AvgIpc) is 2.52. The Morgan fingerprint density at radius 3 is 2.77 bits per heavy atom. The lowest BCUT2D eigenvalue weighted by atomic mass is 9.81. The second kappa shape index (κ2) is 8.18. The molecule has 1 saturated heterocycles. The fourth-order valence-electron chi connectivity index (χ4n) is 2.74. The van der Waals surface area contributed by atoms with Crippen molar-refractivity contribution in [1.82, 2.24) is 10.6 Å². The first kappa shape index (κ1) is 16.8. The van der Waals surface area contributed by atoms with Gasteiger partial charge >= 0.3 is 0 Å². The molecule has 22 heavy (non-hydrogen) atoms. The predicted octanol–water partition coefficient (Wildman–Crippen LogP) is 2.66. The number of rotatable bonds is 7. The van der Waals surface area contributed by atoms with Crippen LogP contribution in [0.5, 0.6) is 5.75 Å². The lowest BCUT2D eigenvalue weighted by Gasteiger charge is -2.34. The number of para-hydroxylation sites is 1. The zero-order valence-electron chi connectivity index (χ0n) is 13.8. The Morgan fingerprint density at radius 2 is 2.05 bits per heavy atom. The van der Waals surface area contributed by atoms with Gasteiger partial charge in [-0.15, -0.1) is 0 Å². The molecule has 0 unspecified atom stereocenters. The summed E-state index contributed by atoms with van der Waals surface area (Å²) < 4.78 is 5.71. The number of piperidine rings is 1. The topological polar surface area (TPSA) is 50.4 Å². The molecule has 2 N–H and O–H groups in total. The summed E-state index contributed by atoms with van der Waals surface area (Å²) in [5.74, 6) is 1.04. The van der Waals surface area contributed by atoms with Crippen molar-refractivity contribution in [3.05, 3.63) is 29.8 Å². The average molecular weight is 304 g/mol. The van der Waals surface area contributed by atoms with E-state index in [1.807, 2.05) is 31.2 Å². The summed E-state index contributed by atoms with van der Waals surface area (Å²) in [5, 5.41) is 6.44. The van der Waals surface area contributed by atoms with Crippen molar-refractivity contribution >= 4 is 5.91 Å². The number of hydrogen-bond donors (Lipinski definition) is 2. The molecule has 0 aromatic heterocycles. The summed E-state index contributed by atoms with van der Waals surface area (Å²) in [7, 11) is 0. The molecule has 0 atom stereocenters. The smallest absolute Gasteiger partial charge is 0.220 e. The van der Waals surface area contributed by atoms with Gasteiger partial charge in [-0.2, -0.15) is 0 Å². The first-order chi connectivity index (χ1) is 10.6. The van der Waals surface area contributed by atoms with Gasteiger partial charge in [0.1, 0.15) is 5.75 Å². The number of amides is 1. The zero-order valence-corrected chi connectivity index (χ0v) is 13.8. The van der Waals surface area contributed by atoms with Crippen LogP contribution in [0.2, 0.25) is 0 Å². The highest BCUT2D eigenvalue weighted by Gasteiger charge is 2.26. The van der Waals surface area contributed by atoms with E-state index < -0.39 is 0 Å². The molecule has 1 aromatic carbocycles. The van der Waals surface area contributed by atoms with Gasteiger partial charge in [-0.1, -0.05) is 25.1 Å². The van der Waals surface area contributed by atoms with Gasteiger partial charge in [0, 0.05) is 13.0 Å². The highest BCUT2D eigenvalue weighted by molar-refractivity contribution is 5.75.